The molecular formula is C18H23ClN4O2. The molecule has 0 atom stereocenters. The minimum absolute atomic E-state index is 0.0331. The summed E-state index contributed by atoms with van der Waals surface area (Å²) >= 11 is 6.04. The van der Waals surface area contributed by atoms with Crippen LogP contribution in [-0.2, 0) is 9.53 Å². The summed E-state index contributed by atoms with van der Waals surface area (Å²) in [4.78, 5) is 14.6. The molecule has 6 nitrogen and oxygen atoms in total. The zero-order valence-electron chi connectivity index (χ0n) is 14.3. The van der Waals surface area contributed by atoms with Gasteiger partial charge in [-0.2, -0.15) is 5.26 Å². The second kappa shape index (κ2) is 10.0. The topological polar surface area (TPSA) is 77.4 Å². The van der Waals surface area contributed by atoms with Crippen LogP contribution in [0.15, 0.2) is 30.0 Å². The smallest absolute Gasteiger partial charge is 0.267 e. The number of ether oxygens (including phenoxy) is 1. The summed E-state index contributed by atoms with van der Waals surface area (Å²) in [6.45, 7) is 6.98. The van der Waals surface area contributed by atoms with Crippen molar-refractivity contribution in [1.82, 2.24) is 10.2 Å². The van der Waals surface area contributed by atoms with Crippen LogP contribution < -0.4 is 10.6 Å². The highest BCUT2D eigenvalue weighted by atomic mass is 35.5. The van der Waals surface area contributed by atoms with E-state index in [-0.39, 0.29) is 5.57 Å². The van der Waals surface area contributed by atoms with E-state index in [1.165, 1.54) is 6.20 Å². The SMILES string of the molecule is Cc1c(Cl)cccc1NC(=O)/C(C#N)=C\NCCCN1CCOCC1. The molecule has 1 aliphatic rings. The highest BCUT2D eigenvalue weighted by Gasteiger charge is 2.12. The summed E-state index contributed by atoms with van der Waals surface area (Å²) in [7, 11) is 0. The van der Waals surface area contributed by atoms with Gasteiger partial charge in [-0.25, -0.2) is 0 Å². The molecule has 2 N–H and O–H groups in total. The first kappa shape index (κ1) is 19.3. The summed E-state index contributed by atoms with van der Waals surface area (Å²) < 4.78 is 5.31. The van der Waals surface area contributed by atoms with Crippen LogP contribution in [0, 0.1) is 18.3 Å². The summed E-state index contributed by atoms with van der Waals surface area (Å²) in [5.74, 6) is -0.450. The Bertz CT molecular complexity index is 664. The minimum atomic E-state index is -0.450. The van der Waals surface area contributed by atoms with Crippen LogP contribution >= 0.6 is 11.6 Å². The molecule has 1 aromatic rings. The van der Waals surface area contributed by atoms with Crippen LogP contribution in [0.4, 0.5) is 5.69 Å². The fourth-order valence-electron chi connectivity index (χ4n) is 2.48. The number of anilines is 1. The second-order valence-electron chi connectivity index (χ2n) is 5.80. The summed E-state index contributed by atoms with van der Waals surface area (Å²) in [6.07, 6.45) is 2.40. The van der Waals surface area contributed by atoms with Crippen molar-refractivity contribution in [2.45, 2.75) is 13.3 Å². The number of benzene rings is 1. The van der Waals surface area contributed by atoms with Crippen molar-refractivity contribution in [3.05, 3.63) is 40.6 Å². The van der Waals surface area contributed by atoms with Gasteiger partial charge >= 0.3 is 0 Å². The number of carbonyl (C=O) groups excluding carboxylic acids is 1. The lowest BCUT2D eigenvalue weighted by Crippen LogP contribution is -2.37. The zero-order chi connectivity index (χ0) is 18.1. The molecule has 1 amide bonds. The van der Waals surface area contributed by atoms with Crippen LogP contribution in [0.5, 0.6) is 0 Å². The van der Waals surface area contributed by atoms with Crippen LogP contribution in [0.2, 0.25) is 5.02 Å². The predicted molar refractivity (Wildman–Crippen MR) is 98.4 cm³/mol. The molecule has 7 heteroatoms. The van der Waals surface area contributed by atoms with E-state index in [0.717, 1.165) is 44.8 Å². The Morgan fingerprint density at radius 1 is 1.44 bits per heavy atom. The molecule has 25 heavy (non-hydrogen) atoms. The van der Waals surface area contributed by atoms with E-state index in [0.29, 0.717) is 17.3 Å². The Hall–Kier alpha value is -2.07. The number of rotatable bonds is 7. The molecule has 0 unspecified atom stereocenters. The molecule has 1 fully saturated rings. The van der Waals surface area contributed by atoms with E-state index in [1.54, 1.807) is 18.2 Å². The van der Waals surface area contributed by atoms with Crippen molar-refractivity contribution in [3.8, 4) is 6.07 Å². The van der Waals surface area contributed by atoms with Gasteiger partial charge in [0.15, 0.2) is 0 Å². The van der Waals surface area contributed by atoms with Crippen molar-refractivity contribution in [1.29, 1.82) is 5.26 Å². The van der Waals surface area contributed by atoms with Crippen LogP contribution in [0.1, 0.15) is 12.0 Å². The van der Waals surface area contributed by atoms with Gasteiger partial charge in [-0.05, 0) is 37.6 Å². The van der Waals surface area contributed by atoms with Gasteiger partial charge in [-0.15, -0.1) is 0 Å². The van der Waals surface area contributed by atoms with Gasteiger partial charge in [0, 0.05) is 36.5 Å². The maximum absolute atomic E-state index is 12.2. The Kier molecular flexibility index (Phi) is 7.74. The van der Waals surface area contributed by atoms with Crippen molar-refractivity contribution >= 4 is 23.2 Å². The van der Waals surface area contributed by atoms with E-state index in [2.05, 4.69) is 15.5 Å². The Balaban J connectivity index is 1.79. The number of morpholine rings is 1. The average Bonchev–Trinajstić information content (AvgIpc) is 2.63. The largest absolute Gasteiger partial charge is 0.390 e. The van der Waals surface area contributed by atoms with E-state index in [9.17, 15) is 10.1 Å². The van der Waals surface area contributed by atoms with Gasteiger partial charge in [0.2, 0.25) is 0 Å². The number of nitriles is 1. The number of amides is 1. The third-order valence-electron chi connectivity index (χ3n) is 4.03. The van der Waals surface area contributed by atoms with E-state index < -0.39 is 5.91 Å². The van der Waals surface area contributed by atoms with Gasteiger partial charge in [0.1, 0.15) is 11.6 Å². The number of hydrogen-bond acceptors (Lipinski definition) is 5. The Labute approximate surface area is 153 Å². The normalized spacial score (nSPS) is 15.5. The molecule has 134 valence electrons. The van der Waals surface area contributed by atoms with Gasteiger partial charge in [0.05, 0.1) is 13.2 Å². The molecule has 0 saturated carbocycles. The number of hydrogen-bond donors (Lipinski definition) is 2. The second-order valence-corrected chi connectivity index (χ2v) is 6.21. The minimum Gasteiger partial charge on any atom is -0.390 e. The lowest BCUT2D eigenvalue weighted by atomic mass is 10.2. The van der Waals surface area contributed by atoms with Gasteiger partial charge in [-0.1, -0.05) is 17.7 Å². The lowest BCUT2D eigenvalue weighted by molar-refractivity contribution is -0.112. The molecule has 0 aliphatic carbocycles. The maximum Gasteiger partial charge on any atom is 0.267 e. The van der Waals surface area contributed by atoms with Crippen molar-refractivity contribution in [2.75, 3.05) is 44.7 Å². The molecule has 0 aromatic heterocycles. The summed E-state index contributed by atoms with van der Waals surface area (Å²) in [6, 6.07) is 7.19. The first-order valence-corrected chi connectivity index (χ1v) is 8.70. The van der Waals surface area contributed by atoms with Crippen LogP contribution in [-0.4, -0.2) is 50.2 Å². The first-order valence-electron chi connectivity index (χ1n) is 8.32. The highest BCUT2D eigenvalue weighted by molar-refractivity contribution is 6.31. The number of carbonyl (C=O) groups is 1. The maximum atomic E-state index is 12.2. The summed E-state index contributed by atoms with van der Waals surface area (Å²) in [5.41, 5.74) is 1.41. The molecule has 2 rings (SSSR count). The van der Waals surface area contributed by atoms with Crippen LogP contribution in [0.3, 0.4) is 0 Å². The van der Waals surface area contributed by atoms with Crippen LogP contribution in [0.25, 0.3) is 0 Å². The van der Waals surface area contributed by atoms with Crippen molar-refractivity contribution in [3.63, 3.8) is 0 Å². The fourth-order valence-corrected chi connectivity index (χ4v) is 2.66. The molecule has 0 radical (unpaired) electrons. The standard InChI is InChI=1S/C18H23ClN4O2/c1-14-16(19)4-2-5-17(14)22-18(24)15(12-20)13-21-6-3-7-23-8-10-25-11-9-23/h2,4-5,13,21H,3,6-11H2,1H3,(H,22,24)/b15-13-. The lowest BCUT2D eigenvalue weighted by Gasteiger charge is -2.26. The first-order chi connectivity index (χ1) is 12.1. The third-order valence-corrected chi connectivity index (χ3v) is 4.44. The van der Waals surface area contributed by atoms with Crippen molar-refractivity contribution in [2.24, 2.45) is 0 Å². The molecule has 0 bridgehead atoms. The number of halogens is 1. The average molecular weight is 363 g/mol. The molecule has 1 aromatic carbocycles. The summed E-state index contributed by atoms with van der Waals surface area (Å²) in [5, 5.41) is 15.5. The molecule has 1 saturated heterocycles. The van der Waals surface area contributed by atoms with E-state index in [1.807, 2.05) is 13.0 Å². The molecular weight excluding hydrogens is 340 g/mol. The third kappa shape index (κ3) is 6.05. The predicted octanol–water partition coefficient (Wildman–Crippen LogP) is 2.31. The monoisotopic (exact) mass is 362 g/mol. The number of nitrogens with zero attached hydrogens (tertiary/aromatic N) is 2. The van der Waals surface area contributed by atoms with E-state index >= 15 is 0 Å². The number of nitrogens with one attached hydrogen (secondary N) is 2. The molecule has 1 heterocycles. The van der Waals surface area contributed by atoms with Gasteiger partial charge in [0.25, 0.3) is 5.91 Å². The van der Waals surface area contributed by atoms with E-state index in [4.69, 9.17) is 16.3 Å². The molecule has 1 aliphatic heterocycles. The van der Waals surface area contributed by atoms with Crippen molar-refractivity contribution < 1.29 is 9.53 Å². The zero-order valence-corrected chi connectivity index (χ0v) is 15.1. The quantitative estimate of drug-likeness (QED) is 0.442. The van der Waals surface area contributed by atoms with Gasteiger partial charge < -0.3 is 15.4 Å². The Morgan fingerprint density at radius 2 is 2.20 bits per heavy atom. The Morgan fingerprint density at radius 3 is 2.92 bits per heavy atom. The fraction of sp³-hybridized carbons (Fsp3) is 0.444. The highest BCUT2D eigenvalue weighted by Crippen LogP contribution is 2.23. The molecule has 0 spiro atoms. The van der Waals surface area contributed by atoms with Gasteiger partial charge in [-0.3, -0.25) is 9.69 Å².